The largest absolute Gasteiger partial charge is 0.303 e. The van der Waals surface area contributed by atoms with E-state index >= 15 is 0 Å². The summed E-state index contributed by atoms with van der Waals surface area (Å²) in [4.78, 5) is 0. The number of fused-ring (bicyclic) bond motifs is 2. The van der Waals surface area contributed by atoms with Gasteiger partial charge in [-0.15, -0.1) is 0 Å². The molecule has 2 aliphatic rings. The molecule has 4 rings (SSSR count). The van der Waals surface area contributed by atoms with Gasteiger partial charge in [0, 0.05) is 6.04 Å². The molecule has 0 spiro atoms. The molecule has 132 valence electrons. The van der Waals surface area contributed by atoms with Crippen molar-refractivity contribution in [3.8, 4) is 0 Å². The molecule has 0 aliphatic heterocycles. The van der Waals surface area contributed by atoms with Crippen LogP contribution in [0.3, 0.4) is 0 Å². The minimum Gasteiger partial charge on any atom is -0.303 e. The Balaban J connectivity index is 1.58. The fourth-order valence-corrected chi connectivity index (χ4v) is 4.99. The molecule has 0 saturated heterocycles. The molecular formula is C22H25F2N. The molecule has 2 aromatic carbocycles. The van der Waals surface area contributed by atoms with Gasteiger partial charge < -0.3 is 5.32 Å². The van der Waals surface area contributed by atoms with Crippen molar-refractivity contribution in [2.45, 2.75) is 44.7 Å². The smallest absolute Gasteiger partial charge is 0.123 e. The van der Waals surface area contributed by atoms with Crippen LogP contribution in [0.4, 0.5) is 8.78 Å². The van der Waals surface area contributed by atoms with Crippen molar-refractivity contribution in [2.75, 3.05) is 0 Å². The van der Waals surface area contributed by atoms with Crippen molar-refractivity contribution in [1.82, 2.24) is 5.32 Å². The zero-order valence-electron chi connectivity index (χ0n) is 14.6. The van der Waals surface area contributed by atoms with E-state index in [1.807, 2.05) is 24.3 Å². The van der Waals surface area contributed by atoms with Gasteiger partial charge in [-0.3, -0.25) is 0 Å². The van der Waals surface area contributed by atoms with E-state index in [-0.39, 0.29) is 17.7 Å². The first-order valence-electron chi connectivity index (χ1n) is 9.37. The Kier molecular flexibility index (Phi) is 4.60. The van der Waals surface area contributed by atoms with Gasteiger partial charge in [-0.25, -0.2) is 8.78 Å². The van der Waals surface area contributed by atoms with Gasteiger partial charge in [-0.05, 0) is 79.3 Å². The topological polar surface area (TPSA) is 12.0 Å². The first-order chi connectivity index (χ1) is 12.1. The summed E-state index contributed by atoms with van der Waals surface area (Å²) >= 11 is 0. The Morgan fingerprint density at radius 2 is 1.40 bits per heavy atom. The van der Waals surface area contributed by atoms with Crippen LogP contribution in [0.2, 0.25) is 0 Å². The average molecular weight is 341 g/mol. The van der Waals surface area contributed by atoms with Crippen molar-refractivity contribution >= 4 is 0 Å². The predicted molar refractivity (Wildman–Crippen MR) is 96.2 cm³/mol. The van der Waals surface area contributed by atoms with Gasteiger partial charge in [-0.1, -0.05) is 30.7 Å². The van der Waals surface area contributed by atoms with Crippen molar-refractivity contribution in [2.24, 2.45) is 17.8 Å². The summed E-state index contributed by atoms with van der Waals surface area (Å²) in [5, 5.41) is 3.77. The quantitative estimate of drug-likeness (QED) is 0.760. The fraction of sp³-hybridized carbons (Fsp3) is 0.455. The minimum atomic E-state index is -0.234. The number of hydrogen-bond acceptors (Lipinski definition) is 1. The second kappa shape index (κ2) is 6.87. The highest BCUT2D eigenvalue weighted by molar-refractivity contribution is 5.32. The van der Waals surface area contributed by atoms with Crippen molar-refractivity contribution in [3.05, 3.63) is 71.3 Å². The van der Waals surface area contributed by atoms with E-state index in [4.69, 9.17) is 0 Å². The lowest BCUT2D eigenvalue weighted by Crippen LogP contribution is -2.39. The van der Waals surface area contributed by atoms with Gasteiger partial charge >= 0.3 is 0 Å². The Labute approximate surface area is 148 Å². The van der Waals surface area contributed by atoms with Gasteiger partial charge in [0.05, 0.1) is 6.04 Å². The third-order valence-electron chi connectivity index (χ3n) is 6.27. The molecule has 2 aromatic rings. The van der Waals surface area contributed by atoms with E-state index < -0.39 is 0 Å². The van der Waals surface area contributed by atoms with Crippen LogP contribution >= 0.6 is 0 Å². The average Bonchev–Trinajstić information content (AvgIpc) is 3.25. The molecule has 2 aliphatic carbocycles. The Morgan fingerprint density at radius 1 is 0.840 bits per heavy atom. The molecule has 0 heterocycles. The van der Waals surface area contributed by atoms with Crippen LogP contribution in [0.1, 0.15) is 49.8 Å². The summed E-state index contributed by atoms with van der Waals surface area (Å²) in [6.07, 6.45) is 5.46. The zero-order chi connectivity index (χ0) is 17.4. The molecule has 2 bridgehead atoms. The molecule has 3 heteroatoms. The Bertz CT molecular complexity index is 664. The maximum absolute atomic E-state index is 13.3. The van der Waals surface area contributed by atoms with Crippen molar-refractivity contribution < 1.29 is 8.78 Å². The van der Waals surface area contributed by atoms with E-state index in [9.17, 15) is 8.78 Å². The fourth-order valence-electron chi connectivity index (χ4n) is 4.99. The van der Waals surface area contributed by atoms with Crippen LogP contribution in [-0.4, -0.2) is 6.04 Å². The van der Waals surface area contributed by atoms with Crippen molar-refractivity contribution in [1.29, 1.82) is 0 Å². The monoisotopic (exact) mass is 341 g/mol. The summed E-state index contributed by atoms with van der Waals surface area (Å²) in [6, 6.07) is 13.6. The van der Waals surface area contributed by atoms with E-state index in [0.717, 1.165) is 23.0 Å². The Morgan fingerprint density at radius 3 is 1.84 bits per heavy atom. The number of rotatable bonds is 5. The second-order valence-electron chi connectivity index (χ2n) is 7.83. The highest BCUT2D eigenvalue weighted by Gasteiger charge is 2.42. The SMILES string of the molecule is C[C@@H](NC(c1ccc(F)cc1)c1ccc(F)cc1)[C@H]1C[C@H]2CC[C@H]1C2. The van der Waals surface area contributed by atoms with Crippen LogP contribution < -0.4 is 5.32 Å². The highest BCUT2D eigenvalue weighted by Crippen LogP contribution is 2.49. The molecule has 0 unspecified atom stereocenters. The normalized spacial score (nSPS) is 26.3. The molecule has 1 nitrogen and oxygen atoms in total. The van der Waals surface area contributed by atoms with E-state index in [1.54, 1.807) is 0 Å². The number of hydrogen-bond donors (Lipinski definition) is 1. The van der Waals surface area contributed by atoms with Gasteiger partial charge in [0.15, 0.2) is 0 Å². The molecule has 4 atom stereocenters. The van der Waals surface area contributed by atoms with E-state index in [1.165, 1.54) is 49.9 Å². The highest BCUT2D eigenvalue weighted by atomic mass is 19.1. The molecule has 25 heavy (non-hydrogen) atoms. The lowest BCUT2D eigenvalue weighted by Gasteiger charge is -2.32. The molecule has 0 aromatic heterocycles. The minimum absolute atomic E-state index is 0.0460. The molecule has 2 fully saturated rings. The van der Waals surface area contributed by atoms with Crippen LogP contribution in [-0.2, 0) is 0 Å². The van der Waals surface area contributed by atoms with Crippen LogP contribution in [0, 0.1) is 29.4 Å². The lowest BCUT2D eigenvalue weighted by molar-refractivity contribution is 0.252. The summed E-state index contributed by atoms with van der Waals surface area (Å²) in [6.45, 7) is 2.27. The zero-order valence-corrected chi connectivity index (χ0v) is 14.6. The predicted octanol–water partition coefficient (Wildman–Crippen LogP) is 5.47. The van der Waals surface area contributed by atoms with Crippen LogP contribution in [0.5, 0.6) is 0 Å². The molecule has 2 saturated carbocycles. The summed E-state index contributed by atoms with van der Waals surface area (Å²) in [5.74, 6) is 2.00. The summed E-state index contributed by atoms with van der Waals surface area (Å²) in [7, 11) is 0. The van der Waals surface area contributed by atoms with Gasteiger partial charge in [-0.2, -0.15) is 0 Å². The molecule has 1 N–H and O–H groups in total. The van der Waals surface area contributed by atoms with Crippen LogP contribution in [0.25, 0.3) is 0 Å². The Hall–Kier alpha value is -1.74. The van der Waals surface area contributed by atoms with Gasteiger partial charge in [0.2, 0.25) is 0 Å². The number of benzene rings is 2. The summed E-state index contributed by atoms with van der Waals surface area (Å²) in [5.41, 5.74) is 2.03. The van der Waals surface area contributed by atoms with Crippen LogP contribution in [0.15, 0.2) is 48.5 Å². The third-order valence-corrected chi connectivity index (χ3v) is 6.27. The van der Waals surface area contributed by atoms with E-state index in [2.05, 4.69) is 12.2 Å². The van der Waals surface area contributed by atoms with E-state index in [0.29, 0.717) is 12.0 Å². The number of nitrogens with one attached hydrogen (secondary N) is 1. The lowest BCUT2D eigenvalue weighted by atomic mass is 9.83. The van der Waals surface area contributed by atoms with Gasteiger partial charge in [0.1, 0.15) is 11.6 Å². The molecule has 0 amide bonds. The number of halogens is 2. The molecule has 0 radical (unpaired) electrons. The third kappa shape index (κ3) is 3.48. The first-order valence-corrected chi connectivity index (χ1v) is 9.37. The summed E-state index contributed by atoms with van der Waals surface area (Å²) < 4.78 is 26.7. The first kappa shape index (κ1) is 16.7. The molecular weight excluding hydrogens is 316 g/mol. The standard InChI is InChI=1S/C22H25F2N/c1-14(21-13-15-2-3-18(21)12-15)25-22(16-4-8-19(23)9-5-16)17-6-10-20(24)11-7-17/h4-11,14-15,18,21-22,25H,2-3,12-13H2,1H3/t14-,15+,18+,21-/m1/s1. The maximum Gasteiger partial charge on any atom is 0.123 e. The van der Waals surface area contributed by atoms with Crippen molar-refractivity contribution in [3.63, 3.8) is 0 Å². The van der Waals surface area contributed by atoms with Gasteiger partial charge in [0.25, 0.3) is 0 Å². The maximum atomic E-state index is 13.3. The second-order valence-corrected chi connectivity index (χ2v) is 7.83.